The van der Waals surface area contributed by atoms with E-state index in [1.807, 2.05) is 4.68 Å². The van der Waals surface area contributed by atoms with Gasteiger partial charge >= 0.3 is 0 Å². The van der Waals surface area contributed by atoms with E-state index in [0.717, 1.165) is 23.7 Å². The smallest absolute Gasteiger partial charge is 0.253 e. The van der Waals surface area contributed by atoms with E-state index in [1.165, 1.54) is 11.3 Å². The molecule has 4 rings (SSSR count). The zero-order chi connectivity index (χ0) is 20.4. The summed E-state index contributed by atoms with van der Waals surface area (Å²) in [5.41, 5.74) is 0. The molecule has 0 saturated heterocycles. The number of thioether (sulfide) groups is 1. The van der Waals surface area contributed by atoms with Crippen molar-refractivity contribution in [3.8, 4) is 0 Å². The molecule has 11 heteroatoms. The van der Waals surface area contributed by atoms with Gasteiger partial charge in [0, 0.05) is 18.4 Å². The molecule has 2 saturated carbocycles. The Bertz CT molecular complexity index is 800. The highest BCUT2D eigenvalue weighted by Gasteiger charge is 2.55. The standard InChI is InChI=1S/C18H25ClF2N6S2/c1-28-6-2-5-27-16(24-25-26-27)15(17-23-10-14(19)29-17)22-9-11-7-12-3-4-13(8-11)18(12,20)21/h10-13,15,22H,2-9H2,1H3/t11?,12-,13+,15?. The van der Waals surface area contributed by atoms with E-state index in [-0.39, 0.29) is 12.0 Å². The van der Waals surface area contributed by atoms with E-state index in [4.69, 9.17) is 11.6 Å². The fourth-order valence-corrected chi connectivity index (χ4v) is 6.07. The molecular weight excluding hydrogens is 438 g/mol. The van der Waals surface area contributed by atoms with Crippen LogP contribution in [0.4, 0.5) is 8.78 Å². The normalized spacial score (nSPS) is 26.7. The van der Waals surface area contributed by atoms with Gasteiger partial charge in [0.05, 0.1) is 6.20 Å². The Balaban J connectivity index is 1.47. The van der Waals surface area contributed by atoms with Gasteiger partial charge in [0.15, 0.2) is 5.82 Å². The maximum Gasteiger partial charge on any atom is 0.253 e. The van der Waals surface area contributed by atoms with E-state index in [2.05, 4.69) is 32.1 Å². The molecule has 2 aliphatic rings. The van der Waals surface area contributed by atoms with Crippen molar-refractivity contribution in [2.45, 2.75) is 50.6 Å². The lowest BCUT2D eigenvalue weighted by atomic mass is 9.78. The Morgan fingerprint density at radius 3 is 2.79 bits per heavy atom. The molecule has 1 N–H and O–H groups in total. The second-order valence-electron chi connectivity index (χ2n) is 7.93. The number of halogens is 3. The third kappa shape index (κ3) is 4.60. The van der Waals surface area contributed by atoms with Gasteiger partial charge in [-0.2, -0.15) is 11.8 Å². The lowest BCUT2D eigenvalue weighted by molar-refractivity contribution is -0.109. The van der Waals surface area contributed by atoms with Gasteiger partial charge in [-0.15, -0.1) is 16.4 Å². The van der Waals surface area contributed by atoms with Crippen molar-refractivity contribution in [2.75, 3.05) is 18.6 Å². The van der Waals surface area contributed by atoms with Gasteiger partial charge in [-0.3, -0.25) is 0 Å². The molecule has 2 fully saturated rings. The summed E-state index contributed by atoms with van der Waals surface area (Å²) in [4.78, 5) is 4.43. The van der Waals surface area contributed by atoms with Gasteiger partial charge in [-0.25, -0.2) is 18.4 Å². The third-order valence-corrected chi connectivity index (χ3v) is 7.95. The Hall–Kier alpha value is -0.840. The van der Waals surface area contributed by atoms with Crippen molar-refractivity contribution in [2.24, 2.45) is 17.8 Å². The quantitative estimate of drug-likeness (QED) is 0.561. The van der Waals surface area contributed by atoms with Crippen LogP contribution >= 0.6 is 34.7 Å². The van der Waals surface area contributed by atoms with Gasteiger partial charge < -0.3 is 5.32 Å². The van der Waals surface area contributed by atoms with Crippen LogP contribution in [-0.4, -0.2) is 49.7 Å². The van der Waals surface area contributed by atoms with Gasteiger partial charge in [-0.05, 0) is 67.0 Å². The van der Waals surface area contributed by atoms with Crippen LogP contribution in [0.3, 0.4) is 0 Å². The minimum Gasteiger partial charge on any atom is -0.301 e. The van der Waals surface area contributed by atoms with Gasteiger partial charge in [0.25, 0.3) is 5.92 Å². The van der Waals surface area contributed by atoms with Crippen LogP contribution in [-0.2, 0) is 6.54 Å². The first-order chi connectivity index (χ1) is 14.0. The lowest BCUT2D eigenvalue weighted by Gasteiger charge is -2.35. The zero-order valence-electron chi connectivity index (χ0n) is 16.2. The molecule has 0 spiro atoms. The molecule has 2 aromatic rings. The fourth-order valence-electron chi connectivity index (χ4n) is 4.65. The van der Waals surface area contributed by atoms with E-state index >= 15 is 0 Å². The lowest BCUT2D eigenvalue weighted by Crippen LogP contribution is -2.40. The largest absolute Gasteiger partial charge is 0.301 e. The molecule has 29 heavy (non-hydrogen) atoms. The molecule has 2 aromatic heterocycles. The minimum absolute atomic E-state index is 0.228. The highest BCUT2D eigenvalue weighted by Crippen LogP contribution is 2.54. The van der Waals surface area contributed by atoms with Crippen LogP contribution in [0.5, 0.6) is 0 Å². The fraction of sp³-hybridized carbons (Fsp3) is 0.778. The van der Waals surface area contributed by atoms with Crippen LogP contribution in [0, 0.1) is 17.8 Å². The van der Waals surface area contributed by atoms with Gasteiger partial charge in [0.1, 0.15) is 15.4 Å². The number of aromatic nitrogens is 5. The van der Waals surface area contributed by atoms with Crippen molar-refractivity contribution in [1.82, 2.24) is 30.5 Å². The number of rotatable bonds is 9. The monoisotopic (exact) mass is 462 g/mol. The number of aryl methyl sites for hydroxylation is 1. The molecule has 0 aromatic carbocycles. The molecular formula is C18H25ClF2N6S2. The van der Waals surface area contributed by atoms with Crippen molar-refractivity contribution in [1.29, 1.82) is 0 Å². The SMILES string of the molecule is CSCCCn1nnnc1C(NCC1C[C@H]2CC[C@@H](C1)C2(F)F)c1ncc(Cl)s1. The average Bonchev–Trinajstić information content (AvgIpc) is 3.33. The van der Waals surface area contributed by atoms with E-state index < -0.39 is 17.8 Å². The number of thiazole rings is 1. The van der Waals surface area contributed by atoms with Crippen LogP contribution in [0.25, 0.3) is 0 Å². The number of tetrazole rings is 1. The summed E-state index contributed by atoms with van der Waals surface area (Å²) in [5, 5.41) is 16.6. The number of hydrogen-bond donors (Lipinski definition) is 1. The van der Waals surface area contributed by atoms with E-state index in [0.29, 0.717) is 42.4 Å². The highest BCUT2D eigenvalue weighted by atomic mass is 35.5. The first-order valence-electron chi connectivity index (χ1n) is 9.96. The topological polar surface area (TPSA) is 68.5 Å². The first-order valence-corrected chi connectivity index (χ1v) is 12.5. The first kappa shape index (κ1) is 21.4. The summed E-state index contributed by atoms with van der Waals surface area (Å²) in [6.07, 6.45) is 7.09. The predicted octanol–water partition coefficient (Wildman–Crippen LogP) is 4.29. The van der Waals surface area contributed by atoms with Crippen LogP contribution < -0.4 is 5.32 Å². The summed E-state index contributed by atoms with van der Waals surface area (Å²) in [6, 6.07) is -0.295. The summed E-state index contributed by atoms with van der Waals surface area (Å²) >= 11 is 9.29. The van der Waals surface area contributed by atoms with Crippen molar-refractivity contribution < 1.29 is 8.78 Å². The Labute approximate surface area is 182 Å². The summed E-state index contributed by atoms with van der Waals surface area (Å²) < 4.78 is 30.9. The molecule has 2 heterocycles. The van der Waals surface area contributed by atoms with Crippen LogP contribution in [0.1, 0.15) is 49.0 Å². The van der Waals surface area contributed by atoms with Crippen molar-refractivity contribution >= 4 is 34.7 Å². The molecule has 2 aliphatic carbocycles. The summed E-state index contributed by atoms with van der Waals surface area (Å²) in [6.45, 7) is 1.36. The molecule has 6 nitrogen and oxygen atoms in total. The molecule has 2 unspecified atom stereocenters. The molecule has 160 valence electrons. The second kappa shape index (κ2) is 9.11. The maximum absolute atomic E-state index is 14.2. The maximum atomic E-state index is 14.2. The number of nitrogens with zero attached hydrogens (tertiary/aromatic N) is 5. The minimum atomic E-state index is -2.49. The molecule has 0 aliphatic heterocycles. The van der Waals surface area contributed by atoms with Crippen molar-refractivity contribution in [3.05, 3.63) is 21.4 Å². The highest BCUT2D eigenvalue weighted by molar-refractivity contribution is 7.98. The second-order valence-corrected chi connectivity index (χ2v) is 10.6. The van der Waals surface area contributed by atoms with E-state index in [1.54, 1.807) is 18.0 Å². The van der Waals surface area contributed by atoms with Crippen molar-refractivity contribution in [3.63, 3.8) is 0 Å². The predicted molar refractivity (Wildman–Crippen MR) is 112 cm³/mol. The third-order valence-electron chi connectivity index (χ3n) is 6.08. The Kier molecular flexibility index (Phi) is 6.72. The number of alkyl halides is 2. The molecule has 0 radical (unpaired) electrons. The molecule has 4 atom stereocenters. The summed E-state index contributed by atoms with van der Waals surface area (Å²) in [5.74, 6) is -1.48. The Morgan fingerprint density at radius 1 is 1.38 bits per heavy atom. The zero-order valence-corrected chi connectivity index (χ0v) is 18.6. The number of hydrogen-bond acceptors (Lipinski definition) is 7. The van der Waals surface area contributed by atoms with Gasteiger partial charge in [0.2, 0.25) is 0 Å². The van der Waals surface area contributed by atoms with Crippen LogP contribution in [0.15, 0.2) is 6.20 Å². The Morgan fingerprint density at radius 2 is 2.14 bits per heavy atom. The molecule has 2 bridgehead atoms. The molecule has 0 amide bonds. The number of nitrogens with one attached hydrogen (secondary N) is 1. The number of fused-ring (bicyclic) bond motifs is 2. The van der Waals surface area contributed by atoms with E-state index in [9.17, 15) is 8.78 Å². The summed E-state index contributed by atoms with van der Waals surface area (Å²) in [7, 11) is 0. The average molecular weight is 463 g/mol. The van der Waals surface area contributed by atoms with Gasteiger partial charge in [-0.1, -0.05) is 11.6 Å². The van der Waals surface area contributed by atoms with Crippen LogP contribution in [0.2, 0.25) is 4.34 Å².